The summed E-state index contributed by atoms with van der Waals surface area (Å²) in [6.07, 6.45) is 4.28. The first kappa shape index (κ1) is 10.4. The maximum Gasteiger partial charge on any atom is 0.265 e. The largest absolute Gasteiger partial charge is 0.364 e. The lowest BCUT2D eigenvalue weighted by Gasteiger charge is -2.00. The molecule has 0 atom stereocenters. The molecule has 0 aliphatic carbocycles. The van der Waals surface area contributed by atoms with Crippen LogP contribution >= 0.6 is 0 Å². The Labute approximate surface area is 93.5 Å². The third-order valence-corrected chi connectivity index (χ3v) is 2.51. The molecule has 2 aromatic rings. The molecule has 1 amide bonds. The Morgan fingerprint density at radius 2 is 2.12 bits per heavy atom. The molecule has 0 fully saturated rings. The van der Waals surface area contributed by atoms with E-state index in [9.17, 15) is 4.79 Å². The fourth-order valence-electron chi connectivity index (χ4n) is 1.70. The van der Waals surface area contributed by atoms with Crippen LogP contribution in [0, 0.1) is 0 Å². The minimum atomic E-state index is -0.435. The molecule has 0 unspecified atom stereocenters. The zero-order valence-corrected chi connectivity index (χ0v) is 9.03. The number of nitrogens with zero attached hydrogens (tertiary/aromatic N) is 1. The van der Waals surface area contributed by atoms with E-state index in [1.165, 1.54) is 0 Å². The molecule has 0 aliphatic rings. The number of rotatable bonds is 3. The Hall–Kier alpha value is -2.10. The van der Waals surface area contributed by atoms with E-state index in [4.69, 9.17) is 5.73 Å². The molecule has 3 N–H and O–H groups in total. The van der Waals surface area contributed by atoms with Gasteiger partial charge in [0.2, 0.25) is 0 Å². The number of carbonyl (C=O) groups excluding carboxylic acids is 1. The first-order chi connectivity index (χ1) is 7.72. The van der Waals surface area contributed by atoms with E-state index in [2.05, 4.69) is 9.97 Å². The van der Waals surface area contributed by atoms with Crippen molar-refractivity contribution in [1.82, 2.24) is 9.97 Å². The standard InChI is InChI=1S/C12H13N3O/c1-2-10-9(7-11(15-10)12(13)16)8-3-5-14-6-4-8/h3-7,15H,2H2,1H3,(H2,13,16). The number of hydrogen-bond acceptors (Lipinski definition) is 2. The quantitative estimate of drug-likeness (QED) is 0.818. The van der Waals surface area contributed by atoms with Crippen LogP contribution in [0.4, 0.5) is 0 Å². The Bertz CT molecular complexity index is 502. The summed E-state index contributed by atoms with van der Waals surface area (Å²) in [7, 11) is 0. The van der Waals surface area contributed by atoms with Gasteiger partial charge in [-0.25, -0.2) is 0 Å². The highest BCUT2D eigenvalue weighted by molar-refractivity contribution is 5.93. The molecule has 2 rings (SSSR count). The zero-order valence-electron chi connectivity index (χ0n) is 9.03. The second kappa shape index (κ2) is 4.18. The topological polar surface area (TPSA) is 71.8 Å². The van der Waals surface area contributed by atoms with Crippen molar-refractivity contribution in [2.24, 2.45) is 5.73 Å². The van der Waals surface area contributed by atoms with Crippen LogP contribution in [0.3, 0.4) is 0 Å². The van der Waals surface area contributed by atoms with Gasteiger partial charge in [0, 0.05) is 23.7 Å². The van der Waals surface area contributed by atoms with Crippen LogP contribution in [0.25, 0.3) is 11.1 Å². The summed E-state index contributed by atoms with van der Waals surface area (Å²) in [5, 5.41) is 0. The van der Waals surface area contributed by atoms with Crippen molar-refractivity contribution >= 4 is 5.91 Å². The fraction of sp³-hybridized carbons (Fsp3) is 0.167. The summed E-state index contributed by atoms with van der Waals surface area (Å²) in [6, 6.07) is 5.61. The Morgan fingerprint density at radius 1 is 1.44 bits per heavy atom. The van der Waals surface area contributed by atoms with E-state index in [1.807, 2.05) is 19.1 Å². The number of H-pyrrole nitrogens is 1. The van der Waals surface area contributed by atoms with Crippen LogP contribution in [0.15, 0.2) is 30.6 Å². The predicted molar refractivity (Wildman–Crippen MR) is 61.9 cm³/mol. The van der Waals surface area contributed by atoms with Gasteiger partial charge in [-0.15, -0.1) is 0 Å². The van der Waals surface area contributed by atoms with Crippen molar-refractivity contribution in [3.8, 4) is 11.1 Å². The van der Waals surface area contributed by atoms with Crippen molar-refractivity contribution in [1.29, 1.82) is 0 Å². The van der Waals surface area contributed by atoms with Crippen molar-refractivity contribution in [2.45, 2.75) is 13.3 Å². The SMILES string of the molecule is CCc1[nH]c(C(N)=O)cc1-c1ccncc1. The summed E-state index contributed by atoms with van der Waals surface area (Å²) in [4.78, 5) is 18.1. The van der Waals surface area contributed by atoms with Gasteiger partial charge in [0.1, 0.15) is 5.69 Å². The monoisotopic (exact) mass is 215 g/mol. The number of nitrogens with two attached hydrogens (primary N) is 1. The van der Waals surface area contributed by atoms with Crippen LogP contribution in [-0.4, -0.2) is 15.9 Å². The summed E-state index contributed by atoms with van der Waals surface area (Å²) in [5.41, 5.74) is 8.76. The summed E-state index contributed by atoms with van der Waals surface area (Å²) in [6.45, 7) is 2.03. The number of aromatic nitrogens is 2. The number of aryl methyl sites for hydroxylation is 1. The maximum atomic E-state index is 11.1. The first-order valence-corrected chi connectivity index (χ1v) is 5.14. The Kier molecular flexibility index (Phi) is 2.72. The highest BCUT2D eigenvalue weighted by Gasteiger charge is 2.11. The minimum Gasteiger partial charge on any atom is -0.364 e. The van der Waals surface area contributed by atoms with Crippen LogP contribution in [-0.2, 0) is 6.42 Å². The van der Waals surface area contributed by atoms with Crippen molar-refractivity contribution in [3.63, 3.8) is 0 Å². The van der Waals surface area contributed by atoms with Gasteiger partial charge in [0.15, 0.2) is 0 Å². The molecule has 0 aromatic carbocycles. The minimum absolute atomic E-state index is 0.435. The molecule has 16 heavy (non-hydrogen) atoms. The smallest absolute Gasteiger partial charge is 0.265 e. The van der Waals surface area contributed by atoms with E-state index >= 15 is 0 Å². The second-order valence-corrected chi connectivity index (χ2v) is 3.53. The summed E-state index contributed by atoms with van der Waals surface area (Å²) >= 11 is 0. The summed E-state index contributed by atoms with van der Waals surface area (Å²) in [5.74, 6) is -0.435. The molecule has 2 aromatic heterocycles. The fourth-order valence-corrected chi connectivity index (χ4v) is 1.70. The molecule has 0 radical (unpaired) electrons. The first-order valence-electron chi connectivity index (χ1n) is 5.14. The number of aromatic amines is 1. The molecular formula is C12H13N3O. The average Bonchev–Trinajstić information content (AvgIpc) is 2.74. The van der Waals surface area contributed by atoms with E-state index in [0.717, 1.165) is 23.2 Å². The molecule has 4 nitrogen and oxygen atoms in total. The number of hydrogen-bond donors (Lipinski definition) is 2. The lowest BCUT2D eigenvalue weighted by atomic mass is 10.1. The lowest BCUT2D eigenvalue weighted by molar-refractivity contribution is 0.0996. The van der Waals surface area contributed by atoms with Crippen molar-refractivity contribution in [2.75, 3.05) is 0 Å². The molecule has 0 saturated heterocycles. The van der Waals surface area contributed by atoms with E-state index in [1.54, 1.807) is 18.5 Å². The number of primary amides is 1. The van der Waals surface area contributed by atoms with Crippen LogP contribution in [0.2, 0.25) is 0 Å². The highest BCUT2D eigenvalue weighted by atomic mass is 16.1. The third kappa shape index (κ3) is 1.82. The van der Waals surface area contributed by atoms with Gasteiger partial charge in [-0.05, 0) is 30.2 Å². The van der Waals surface area contributed by atoms with Gasteiger partial charge in [-0.1, -0.05) is 6.92 Å². The Morgan fingerprint density at radius 3 is 2.69 bits per heavy atom. The molecular weight excluding hydrogens is 202 g/mol. The lowest BCUT2D eigenvalue weighted by Crippen LogP contribution is -2.11. The van der Waals surface area contributed by atoms with Gasteiger partial charge >= 0.3 is 0 Å². The molecule has 4 heteroatoms. The molecule has 82 valence electrons. The van der Waals surface area contributed by atoms with Crippen LogP contribution in [0.5, 0.6) is 0 Å². The second-order valence-electron chi connectivity index (χ2n) is 3.53. The highest BCUT2D eigenvalue weighted by Crippen LogP contribution is 2.24. The van der Waals surface area contributed by atoms with Crippen molar-refractivity contribution < 1.29 is 4.79 Å². The van der Waals surface area contributed by atoms with Crippen molar-refractivity contribution in [3.05, 3.63) is 42.0 Å². The molecule has 0 saturated carbocycles. The van der Waals surface area contributed by atoms with Gasteiger partial charge < -0.3 is 10.7 Å². The van der Waals surface area contributed by atoms with Gasteiger partial charge in [0.05, 0.1) is 0 Å². The normalized spacial score (nSPS) is 10.3. The molecule has 0 spiro atoms. The molecule has 2 heterocycles. The number of carbonyl (C=O) groups is 1. The van der Waals surface area contributed by atoms with E-state index in [0.29, 0.717) is 5.69 Å². The Balaban J connectivity index is 2.52. The van der Waals surface area contributed by atoms with Gasteiger partial charge in [-0.3, -0.25) is 9.78 Å². The molecule has 0 bridgehead atoms. The van der Waals surface area contributed by atoms with Gasteiger partial charge in [-0.2, -0.15) is 0 Å². The summed E-state index contributed by atoms with van der Waals surface area (Å²) < 4.78 is 0. The number of nitrogens with one attached hydrogen (secondary N) is 1. The third-order valence-electron chi connectivity index (χ3n) is 2.51. The van der Waals surface area contributed by atoms with E-state index < -0.39 is 5.91 Å². The molecule has 0 aliphatic heterocycles. The number of amides is 1. The number of pyridine rings is 1. The van der Waals surface area contributed by atoms with Crippen LogP contribution < -0.4 is 5.73 Å². The maximum absolute atomic E-state index is 11.1. The predicted octanol–water partition coefficient (Wildman–Crippen LogP) is 1.74. The zero-order chi connectivity index (χ0) is 11.5. The average molecular weight is 215 g/mol. The van der Waals surface area contributed by atoms with Crippen LogP contribution in [0.1, 0.15) is 23.1 Å². The van der Waals surface area contributed by atoms with Gasteiger partial charge in [0.25, 0.3) is 5.91 Å². The van der Waals surface area contributed by atoms with E-state index in [-0.39, 0.29) is 0 Å².